The Morgan fingerprint density at radius 3 is 2.49 bits per heavy atom. The molecule has 12 nitrogen and oxygen atoms in total. The molecule has 1 aromatic heterocycles. The lowest BCUT2D eigenvalue weighted by atomic mass is 9.68. The van der Waals surface area contributed by atoms with E-state index in [-0.39, 0.29) is 22.9 Å². The number of carbonyl (C=O) groups is 2. The number of amides is 1. The third-order valence-electron chi connectivity index (χ3n) is 6.46. The van der Waals surface area contributed by atoms with Crippen molar-refractivity contribution in [2.45, 2.75) is 5.41 Å². The number of carboxylic acid groups (broad SMARTS) is 1. The minimum Gasteiger partial charge on any atom is -0.493 e. The molecule has 0 bridgehead atoms. The molecule has 3 aromatic rings. The number of aromatic nitrogens is 2. The number of nitrogens with zero attached hydrogens (tertiary/aromatic N) is 3. The van der Waals surface area contributed by atoms with Crippen LogP contribution in [-0.2, 0) is 15.0 Å². The lowest BCUT2D eigenvalue weighted by Gasteiger charge is -2.32. The van der Waals surface area contributed by atoms with E-state index < -0.39 is 23.8 Å². The Kier molecular flexibility index (Phi) is 5.40. The van der Waals surface area contributed by atoms with Crippen molar-refractivity contribution in [1.29, 1.82) is 5.26 Å². The molecular weight excluding hydrogens is 482 g/mol. The molecule has 188 valence electrons. The van der Waals surface area contributed by atoms with Crippen LogP contribution in [0, 0.1) is 11.3 Å². The summed E-state index contributed by atoms with van der Waals surface area (Å²) in [4.78, 5) is 27.1. The maximum atomic E-state index is 14.2. The van der Waals surface area contributed by atoms with Gasteiger partial charge in [0.1, 0.15) is 23.6 Å². The average Bonchev–Trinajstić information content (AvgIpc) is 3.42. The Hall–Kier alpha value is -5.18. The quantitative estimate of drug-likeness (QED) is 0.451. The predicted molar refractivity (Wildman–Crippen MR) is 128 cm³/mol. The summed E-state index contributed by atoms with van der Waals surface area (Å²) in [6.45, 7) is -0.621. The molecule has 5 rings (SSSR count). The van der Waals surface area contributed by atoms with Crippen LogP contribution in [-0.4, -0.2) is 55.1 Å². The predicted octanol–water partition coefficient (Wildman–Crippen LogP) is 1.91. The SMILES string of the molecule is COc1cc(-c2[nH]nc3c2[C@]2(C(=O)N(CC(=O)O)c4ccccc42)C(C#N)=C(N)O3)cc(OC)c1OC. The van der Waals surface area contributed by atoms with Crippen LogP contribution in [0.4, 0.5) is 5.69 Å². The zero-order valence-electron chi connectivity index (χ0n) is 20.0. The summed E-state index contributed by atoms with van der Waals surface area (Å²) in [6, 6.07) is 12.0. The van der Waals surface area contributed by atoms with E-state index in [1.165, 1.54) is 21.3 Å². The number of rotatable bonds is 6. The molecule has 0 aliphatic carbocycles. The summed E-state index contributed by atoms with van der Waals surface area (Å²) >= 11 is 0. The Bertz CT molecular complexity index is 1510. The highest BCUT2D eigenvalue weighted by Crippen LogP contribution is 2.57. The number of aromatic amines is 1. The largest absolute Gasteiger partial charge is 0.493 e. The van der Waals surface area contributed by atoms with Crippen molar-refractivity contribution in [3.05, 3.63) is 59.0 Å². The van der Waals surface area contributed by atoms with E-state index in [1.807, 2.05) is 6.07 Å². The third-order valence-corrected chi connectivity index (χ3v) is 6.46. The highest BCUT2D eigenvalue weighted by atomic mass is 16.5. The molecular formula is C25H21N5O7. The first-order chi connectivity index (χ1) is 17.8. The van der Waals surface area contributed by atoms with Crippen molar-refractivity contribution in [1.82, 2.24) is 10.2 Å². The normalized spacial score (nSPS) is 17.7. The number of nitriles is 1. The zero-order valence-corrected chi connectivity index (χ0v) is 20.0. The summed E-state index contributed by atoms with van der Waals surface area (Å²) in [5.74, 6) is -1.20. The Morgan fingerprint density at radius 1 is 1.22 bits per heavy atom. The lowest BCUT2D eigenvalue weighted by Crippen LogP contribution is -2.47. The number of nitrogens with two attached hydrogens (primary N) is 1. The van der Waals surface area contributed by atoms with Crippen LogP contribution >= 0.6 is 0 Å². The lowest BCUT2D eigenvalue weighted by molar-refractivity contribution is -0.136. The molecule has 4 N–H and O–H groups in total. The van der Waals surface area contributed by atoms with E-state index >= 15 is 0 Å². The van der Waals surface area contributed by atoms with E-state index in [9.17, 15) is 20.0 Å². The smallest absolute Gasteiger partial charge is 0.323 e. The Morgan fingerprint density at radius 2 is 1.89 bits per heavy atom. The molecule has 3 heterocycles. The van der Waals surface area contributed by atoms with Crippen LogP contribution in [0.1, 0.15) is 11.1 Å². The molecule has 0 fully saturated rings. The molecule has 0 radical (unpaired) electrons. The van der Waals surface area contributed by atoms with E-state index in [2.05, 4.69) is 10.2 Å². The Balaban J connectivity index is 1.86. The first kappa shape index (κ1) is 23.6. The van der Waals surface area contributed by atoms with Gasteiger partial charge in [-0.2, -0.15) is 5.26 Å². The number of carboxylic acids is 1. The molecule has 1 spiro atoms. The highest BCUT2D eigenvalue weighted by Gasteiger charge is 2.61. The second-order valence-corrected chi connectivity index (χ2v) is 8.20. The average molecular weight is 503 g/mol. The van der Waals surface area contributed by atoms with Crippen molar-refractivity contribution in [2.24, 2.45) is 5.73 Å². The highest BCUT2D eigenvalue weighted by molar-refractivity contribution is 6.16. The number of ether oxygens (including phenoxy) is 4. The van der Waals surface area contributed by atoms with Crippen LogP contribution in [0.2, 0.25) is 0 Å². The van der Waals surface area contributed by atoms with Crippen LogP contribution in [0.3, 0.4) is 0 Å². The van der Waals surface area contributed by atoms with Crippen molar-refractivity contribution in [3.8, 4) is 40.5 Å². The van der Waals surface area contributed by atoms with Gasteiger partial charge in [-0.15, -0.1) is 5.10 Å². The van der Waals surface area contributed by atoms with Gasteiger partial charge in [0.25, 0.3) is 0 Å². The Labute approximate surface area is 210 Å². The van der Waals surface area contributed by atoms with E-state index in [1.54, 1.807) is 36.4 Å². The maximum Gasteiger partial charge on any atom is 0.323 e. The second kappa shape index (κ2) is 8.49. The summed E-state index contributed by atoms with van der Waals surface area (Å²) < 4.78 is 22.1. The molecule has 0 saturated heterocycles. The number of anilines is 1. The van der Waals surface area contributed by atoms with Gasteiger partial charge in [-0.25, -0.2) is 0 Å². The summed E-state index contributed by atoms with van der Waals surface area (Å²) in [5.41, 5.74) is 5.85. The van der Waals surface area contributed by atoms with Crippen LogP contribution in [0.5, 0.6) is 23.1 Å². The van der Waals surface area contributed by atoms with Crippen molar-refractivity contribution < 1.29 is 33.6 Å². The minimum atomic E-state index is -1.82. The monoisotopic (exact) mass is 503 g/mol. The van der Waals surface area contributed by atoms with Gasteiger partial charge in [-0.3, -0.25) is 19.6 Å². The number of nitrogens with one attached hydrogen (secondary N) is 1. The molecule has 2 aliphatic heterocycles. The first-order valence-corrected chi connectivity index (χ1v) is 10.9. The van der Waals surface area contributed by atoms with Gasteiger partial charge in [0.2, 0.25) is 23.4 Å². The minimum absolute atomic E-state index is 0.0272. The first-order valence-electron chi connectivity index (χ1n) is 10.9. The number of fused-ring (bicyclic) bond motifs is 4. The number of methoxy groups -OCH3 is 3. The zero-order chi connectivity index (χ0) is 26.5. The van der Waals surface area contributed by atoms with E-state index in [0.29, 0.717) is 39.8 Å². The fourth-order valence-electron chi connectivity index (χ4n) is 5.01. The number of para-hydroxylation sites is 1. The van der Waals surface area contributed by atoms with Gasteiger partial charge in [-0.05, 0) is 18.2 Å². The number of benzene rings is 2. The van der Waals surface area contributed by atoms with Gasteiger partial charge in [0, 0.05) is 16.8 Å². The van der Waals surface area contributed by atoms with Crippen molar-refractivity contribution in [2.75, 3.05) is 32.8 Å². The second-order valence-electron chi connectivity index (χ2n) is 8.20. The molecule has 1 atom stereocenters. The van der Waals surface area contributed by atoms with Crippen molar-refractivity contribution in [3.63, 3.8) is 0 Å². The summed E-state index contributed by atoms with van der Waals surface area (Å²) in [7, 11) is 4.40. The van der Waals surface area contributed by atoms with Crippen LogP contribution in [0.15, 0.2) is 47.9 Å². The molecule has 0 unspecified atom stereocenters. The van der Waals surface area contributed by atoms with Crippen LogP contribution in [0.25, 0.3) is 11.3 Å². The van der Waals surface area contributed by atoms with Crippen LogP contribution < -0.4 is 29.6 Å². The van der Waals surface area contributed by atoms with Gasteiger partial charge in [0.05, 0.1) is 32.6 Å². The fourth-order valence-corrected chi connectivity index (χ4v) is 5.01. The third kappa shape index (κ3) is 3.10. The topological polar surface area (TPSA) is 173 Å². The molecule has 1 amide bonds. The molecule has 37 heavy (non-hydrogen) atoms. The number of carbonyl (C=O) groups excluding carboxylic acids is 1. The van der Waals surface area contributed by atoms with E-state index in [4.69, 9.17) is 24.7 Å². The number of hydrogen-bond acceptors (Lipinski definition) is 9. The summed E-state index contributed by atoms with van der Waals surface area (Å²) in [5, 5.41) is 26.9. The fraction of sp³-hybridized carbons (Fsp3) is 0.200. The van der Waals surface area contributed by atoms with Gasteiger partial charge in [0.15, 0.2) is 11.5 Å². The summed E-state index contributed by atoms with van der Waals surface area (Å²) in [6.07, 6.45) is 0. The van der Waals surface area contributed by atoms with Gasteiger partial charge in [-0.1, -0.05) is 18.2 Å². The van der Waals surface area contributed by atoms with Gasteiger partial charge < -0.3 is 29.8 Å². The number of hydrogen-bond donors (Lipinski definition) is 3. The molecule has 2 aliphatic rings. The molecule has 2 aromatic carbocycles. The molecule has 0 saturated carbocycles. The standard InChI is InChI=1S/C25H21N5O7/c1-34-16-8-12(9-17(35-2)21(16)36-3)20-19-23(29-28-20)37-22(27)14(10-26)25(19)13-6-4-5-7-15(13)30(24(25)33)11-18(31)32/h4-9H,11,27H2,1-3H3,(H,28,29)(H,31,32)/t25-/m1/s1. The van der Waals surface area contributed by atoms with Crippen molar-refractivity contribution >= 4 is 17.6 Å². The van der Waals surface area contributed by atoms with Gasteiger partial charge >= 0.3 is 5.97 Å². The number of H-pyrrole nitrogens is 1. The molecule has 12 heteroatoms. The number of aliphatic carboxylic acids is 1. The van der Waals surface area contributed by atoms with E-state index in [0.717, 1.165) is 4.90 Å². The maximum absolute atomic E-state index is 14.2.